The first-order chi connectivity index (χ1) is 17.3. The molecule has 1 spiro atoms. The topological polar surface area (TPSA) is 75.0 Å². The van der Waals surface area contributed by atoms with Crippen molar-refractivity contribution in [2.24, 2.45) is 0 Å². The third-order valence-corrected chi connectivity index (χ3v) is 8.30. The van der Waals surface area contributed by atoms with Gasteiger partial charge >= 0.3 is 0 Å². The predicted octanol–water partition coefficient (Wildman–Crippen LogP) is 4.21. The maximum atomic E-state index is 15.2. The molecule has 0 radical (unpaired) electrons. The van der Waals surface area contributed by atoms with E-state index < -0.39 is 40.3 Å². The molecule has 2 aliphatic heterocycles. The molecule has 1 atom stereocenters. The number of fused-ring (bicyclic) bond motifs is 6. The standard InChI is InChI=1S/C26H23F2N3O4S/c1-15-16(7-13-36-15)21-17-4-5-18(27)20(28)24(17)35-12-3-10-26(8-2-9-26)29-14-31(21)30-11-6-19(32)23(33)22(30)25(29)34/h3-7,10-11,13,21,33H,2,8-9,12,14H2,1H3/b10-3+/t21-/m0/s1. The van der Waals surface area contributed by atoms with E-state index in [0.717, 1.165) is 22.9 Å². The second kappa shape index (κ2) is 8.19. The molecule has 36 heavy (non-hydrogen) atoms. The zero-order valence-corrected chi connectivity index (χ0v) is 20.2. The van der Waals surface area contributed by atoms with E-state index in [1.54, 1.807) is 16.0 Å². The lowest BCUT2D eigenvalue weighted by molar-refractivity contribution is 0.0255. The third-order valence-electron chi connectivity index (χ3n) is 7.44. The minimum absolute atomic E-state index is 0.0114. The summed E-state index contributed by atoms with van der Waals surface area (Å²) in [5, 5.41) is 14.5. The van der Waals surface area contributed by atoms with Gasteiger partial charge in [0.25, 0.3) is 5.91 Å². The van der Waals surface area contributed by atoms with Crippen LogP contribution in [0.1, 0.15) is 51.8 Å². The fourth-order valence-electron chi connectivity index (χ4n) is 5.43. The van der Waals surface area contributed by atoms with Gasteiger partial charge in [0.2, 0.25) is 11.2 Å². The number of hydrogen-bond donors (Lipinski definition) is 1. The highest BCUT2D eigenvalue weighted by Gasteiger charge is 2.49. The van der Waals surface area contributed by atoms with Gasteiger partial charge in [-0.1, -0.05) is 6.08 Å². The van der Waals surface area contributed by atoms with Crippen LogP contribution in [-0.2, 0) is 0 Å². The van der Waals surface area contributed by atoms with Crippen LogP contribution in [-0.4, -0.2) is 39.4 Å². The summed E-state index contributed by atoms with van der Waals surface area (Å²) >= 11 is 1.50. The SMILES string of the molecule is Cc1sccc1[C@H]1c2ccc(F)c(F)c2OC/C=C/C2(CCC2)N2CN1n1ccc(=O)c(O)c1C2=O. The van der Waals surface area contributed by atoms with Crippen molar-refractivity contribution >= 4 is 17.2 Å². The number of rotatable bonds is 1. The number of aromatic hydroxyl groups is 1. The van der Waals surface area contributed by atoms with Gasteiger partial charge in [-0.2, -0.15) is 4.39 Å². The number of hydrogen-bond acceptors (Lipinski definition) is 6. The average Bonchev–Trinajstić information content (AvgIpc) is 3.24. The largest absolute Gasteiger partial charge is 0.502 e. The number of nitrogens with zero attached hydrogens (tertiary/aromatic N) is 3. The van der Waals surface area contributed by atoms with Crippen molar-refractivity contribution in [3.63, 3.8) is 0 Å². The van der Waals surface area contributed by atoms with Gasteiger partial charge in [0.1, 0.15) is 19.3 Å². The molecular formula is C26H23F2N3O4S. The van der Waals surface area contributed by atoms with E-state index >= 15 is 4.39 Å². The smallest absolute Gasteiger partial charge is 0.278 e. The second-order valence-electron chi connectivity index (χ2n) is 9.32. The maximum absolute atomic E-state index is 15.2. The van der Waals surface area contributed by atoms with Crippen LogP contribution in [0.3, 0.4) is 0 Å². The van der Waals surface area contributed by atoms with Crippen molar-refractivity contribution in [2.75, 3.05) is 18.3 Å². The fourth-order valence-corrected chi connectivity index (χ4v) is 6.16. The van der Waals surface area contributed by atoms with Crippen LogP contribution < -0.4 is 15.2 Å². The molecule has 7 nitrogen and oxygen atoms in total. The molecule has 6 rings (SSSR count). The average molecular weight is 512 g/mol. The van der Waals surface area contributed by atoms with E-state index in [1.807, 2.05) is 24.4 Å². The van der Waals surface area contributed by atoms with Crippen molar-refractivity contribution < 1.29 is 23.4 Å². The Balaban J connectivity index is 1.68. The van der Waals surface area contributed by atoms with Gasteiger partial charge in [0.05, 0.1) is 5.54 Å². The molecule has 3 aromatic rings. The van der Waals surface area contributed by atoms with Crippen LogP contribution in [0.25, 0.3) is 0 Å². The van der Waals surface area contributed by atoms with Crippen LogP contribution in [0, 0.1) is 18.6 Å². The van der Waals surface area contributed by atoms with Crippen LogP contribution in [0.15, 0.2) is 52.8 Å². The third kappa shape index (κ3) is 3.20. The number of carbonyl (C=O) groups is 1. The number of carbonyl (C=O) groups excluding carboxylic acids is 1. The molecule has 10 heteroatoms. The van der Waals surface area contributed by atoms with Crippen molar-refractivity contribution in [3.8, 4) is 11.5 Å². The molecule has 0 unspecified atom stereocenters. The molecule has 1 amide bonds. The van der Waals surface area contributed by atoms with Crippen LogP contribution in [0.4, 0.5) is 8.78 Å². The van der Waals surface area contributed by atoms with Gasteiger partial charge in [-0.15, -0.1) is 11.3 Å². The summed E-state index contributed by atoms with van der Waals surface area (Å²) in [7, 11) is 0. The summed E-state index contributed by atoms with van der Waals surface area (Å²) in [5.74, 6) is -3.44. The Morgan fingerprint density at radius 3 is 2.64 bits per heavy atom. The first-order valence-corrected chi connectivity index (χ1v) is 12.6. The molecule has 186 valence electrons. The summed E-state index contributed by atoms with van der Waals surface area (Å²) in [5.41, 5.74) is -0.290. The molecule has 1 saturated carbocycles. The highest BCUT2D eigenvalue weighted by Crippen LogP contribution is 2.45. The molecule has 1 aromatic carbocycles. The van der Waals surface area contributed by atoms with E-state index in [-0.39, 0.29) is 24.7 Å². The monoisotopic (exact) mass is 511 g/mol. The minimum atomic E-state index is -1.09. The Bertz CT molecular complexity index is 1480. The zero-order chi connectivity index (χ0) is 25.2. The summed E-state index contributed by atoms with van der Waals surface area (Å²) in [6.45, 7) is 2.01. The number of amides is 1. The van der Waals surface area contributed by atoms with Crippen LogP contribution in [0.5, 0.6) is 11.5 Å². The number of aromatic nitrogens is 1. The molecule has 1 N–H and O–H groups in total. The molecule has 1 aliphatic carbocycles. The number of halogens is 2. The molecule has 1 fully saturated rings. The van der Waals surface area contributed by atoms with Crippen molar-refractivity contribution in [1.82, 2.24) is 9.58 Å². The first kappa shape index (κ1) is 22.8. The van der Waals surface area contributed by atoms with Gasteiger partial charge in [-0.05, 0) is 61.4 Å². The van der Waals surface area contributed by atoms with E-state index in [1.165, 1.54) is 34.3 Å². The Morgan fingerprint density at radius 2 is 1.94 bits per heavy atom. The van der Waals surface area contributed by atoms with E-state index in [2.05, 4.69) is 0 Å². The molecular weight excluding hydrogens is 488 g/mol. The number of thiophene rings is 1. The minimum Gasteiger partial charge on any atom is -0.502 e. The zero-order valence-electron chi connectivity index (χ0n) is 19.4. The summed E-state index contributed by atoms with van der Waals surface area (Å²) in [6, 6.07) is 4.92. The lowest BCUT2D eigenvalue weighted by Gasteiger charge is -2.53. The summed E-state index contributed by atoms with van der Waals surface area (Å²) in [4.78, 5) is 28.8. The van der Waals surface area contributed by atoms with Gasteiger partial charge in [0.15, 0.2) is 23.0 Å². The van der Waals surface area contributed by atoms with Crippen LogP contribution in [0.2, 0.25) is 0 Å². The number of aryl methyl sites for hydroxylation is 1. The number of ether oxygens (including phenoxy) is 1. The number of pyridine rings is 1. The molecule has 3 aliphatic rings. The van der Waals surface area contributed by atoms with E-state index in [9.17, 15) is 19.1 Å². The second-order valence-corrected chi connectivity index (χ2v) is 10.4. The summed E-state index contributed by atoms with van der Waals surface area (Å²) in [6.07, 6.45) is 7.30. The lowest BCUT2D eigenvalue weighted by atomic mass is 9.74. The quantitative estimate of drug-likeness (QED) is 0.496. The van der Waals surface area contributed by atoms with Gasteiger partial charge in [-0.3, -0.25) is 19.3 Å². The molecule has 2 bridgehead atoms. The van der Waals surface area contributed by atoms with Gasteiger partial charge in [0, 0.05) is 22.7 Å². The maximum Gasteiger partial charge on any atom is 0.278 e. The summed E-state index contributed by atoms with van der Waals surface area (Å²) < 4.78 is 36.8. The Labute approximate surface area is 209 Å². The number of benzene rings is 1. The molecule has 4 heterocycles. The Hall–Kier alpha value is -3.66. The van der Waals surface area contributed by atoms with Crippen molar-refractivity contribution in [1.29, 1.82) is 0 Å². The van der Waals surface area contributed by atoms with Crippen molar-refractivity contribution in [3.05, 3.63) is 91.6 Å². The van der Waals surface area contributed by atoms with Crippen molar-refractivity contribution in [2.45, 2.75) is 37.8 Å². The highest BCUT2D eigenvalue weighted by atomic mass is 32.1. The predicted molar refractivity (Wildman–Crippen MR) is 130 cm³/mol. The first-order valence-electron chi connectivity index (χ1n) is 11.7. The normalized spacial score (nSPS) is 21.2. The lowest BCUT2D eigenvalue weighted by Crippen LogP contribution is -2.64. The van der Waals surface area contributed by atoms with Gasteiger partial charge < -0.3 is 14.7 Å². The molecule has 0 saturated heterocycles. The van der Waals surface area contributed by atoms with Gasteiger partial charge in [-0.25, -0.2) is 4.39 Å². The fraction of sp³-hybridized carbons (Fsp3) is 0.308. The van der Waals surface area contributed by atoms with E-state index in [0.29, 0.717) is 18.4 Å². The molecule has 2 aromatic heterocycles. The van der Waals surface area contributed by atoms with Crippen LogP contribution >= 0.6 is 11.3 Å². The highest BCUT2D eigenvalue weighted by molar-refractivity contribution is 7.10. The Kier molecular flexibility index (Phi) is 5.18. The van der Waals surface area contributed by atoms with E-state index in [4.69, 9.17) is 4.74 Å². The Morgan fingerprint density at radius 1 is 1.14 bits per heavy atom.